The Kier molecular flexibility index (Phi) is 3.34. The summed E-state index contributed by atoms with van der Waals surface area (Å²) in [7, 11) is 0. The molecule has 0 amide bonds. The summed E-state index contributed by atoms with van der Waals surface area (Å²) in [5, 5.41) is 19.8. The number of carbonyl (C=O) groups is 1. The maximum absolute atomic E-state index is 11.1. The van der Waals surface area contributed by atoms with E-state index in [0.29, 0.717) is 17.9 Å². The van der Waals surface area contributed by atoms with Gasteiger partial charge in [0.2, 0.25) is 0 Å². The fourth-order valence-corrected chi connectivity index (χ4v) is 2.36. The van der Waals surface area contributed by atoms with Crippen LogP contribution in [0.15, 0.2) is 48.5 Å². The van der Waals surface area contributed by atoms with Crippen LogP contribution in [0, 0.1) is 10.1 Å². The molecule has 2 aromatic rings. The molecule has 22 heavy (non-hydrogen) atoms. The van der Waals surface area contributed by atoms with Gasteiger partial charge in [0.25, 0.3) is 5.69 Å². The SMILES string of the molecule is O=C(O)c1ccc2c(c1)C(c1ccc([N+](=O)[O-])cc1)=CCO2. The third-order valence-electron chi connectivity index (χ3n) is 3.43. The van der Waals surface area contributed by atoms with Gasteiger partial charge in [-0.3, -0.25) is 10.1 Å². The third-order valence-corrected chi connectivity index (χ3v) is 3.43. The fraction of sp³-hybridized carbons (Fsp3) is 0.0625. The highest BCUT2D eigenvalue weighted by molar-refractivity contribution is 5.92. The lowest BCUT2D eigenvalue weighted by Gasteiger charge is -2.19. The number of ether oxygens (including phenoxy) is 1. The number of hydrogen-bond donors (Lipinski definition) is 1. The number of hydrogen-bond acceptors (Lipinski definition) is 4. The Bertz CT molecular complexity index is 793. The van der Waals surface area contributed by atoms with Gasteiger partial charge in [-0.15, -0.1) is 0 Å². The number of carboxylic acids is 1. The zero-order valence-electron chi connectivity index (χ0n) is 11.4. The lowest BCUT2D eigenvalue weighted by Crippen LogP contribution is -2.07. The van der Waals surface area contributed by atoms with Crippen molar-refractivity contribution in [2.45, 2.75) is 0 Å². The molecule has 0 aromatic heterocycles. The van der Waals surface area contributed by atoms with Crippen LogP contribution in [-0.4, -0.2) is 22.6 Å². The second-order valence-electron chi connectivity index (χ2n) is 4.75. The number of nitro groups is 1. The van der Waals surface area contributed by atoms with E-state index < -0.39 is 10.9 Å². The first kappa shape index (κ1) is 13.8. The highest BCUT2D eigenvalue weighted by Crippen LogP contribution is 2.35. The Morgan fingerprint density at radius 3 is 2.55 bits per heavy atom. The molecule has 0 saturated heterocycles. The van der Waals surface area contributed by atoms with Gasteiger partial charge >= 0.3 is 5.97 Å². The number of fused-ring (bicyclic) bond motifs is 1. The molecule has 0 bridgehead atoms. The molecule has 1 aliphatic rings. The summed E-state index contributed by atoms with van der Waals surface area (Å²) in [6.45, 7) is 0.367. The van der Waals surface area contributed by atoms with Crippen LogP contribution in [0.1, 0.15) is 21.5 Å². The molecule has 1 heterocycles. The van der Waals surface area contributed by atoms with Crippen molar-refractivity contribution in [1.29, 1.82) is 0 Å². The zero-order valence-corrected chi connectivity index (χ0v) is 11.4. The maximum Gasteiger partial charge on any atom is 0.335 e. The lowest BCUT2D eigenvalue weighted by atomic mass is 9.94. The van der Waals surface area contributed by atoms with Crippen molar-refractivity contribution in [3.8, 4) is 5.75 Å². The maximum atomic E-state index is 11.1. The van der Waals surface area contributed by atoms with Gasteiger partial charge in [-0.05, 0) is 47.5 Å². The van der Waals surface area contributed by atoms with Crippen molar-refractivity contribution in [3.63, 3.8) is 0 Å². The van der Waals surface area contributed by atoms with Crippen LogP contribution in [0.4, 0.5) is 5.69 Å². The van der Waals surface area contributed by atoms with Crippen LogP contribution in [0.5, 0.6) is 5.75 Å². The van der Waals surface area contributed by atoms with E-state index in [9.17, 15) is 14.9 Å². The minimum Gasteiger partial charge on any atom is -0.489 e. The quantitative estimate of drug-likeness (QED) is 0.694. The van der Waals surface area contributed by atoms with Gasteiger partial charge in [0.15, 0.2) is 0 Å². The molecule has 6 nitrogen and oxygen atoms in total. The fourth-order valence-electron chi connectivity index (χ4n) is 2.36. The van der Waals surface area contributed by atoms with Crippen LogP contribution in [0.3, 0.4) is 0 Å². The third kappa shape index (κ3) is 2.42. The van der Waals surface area contributed by atoms with Gasteiger partial charge in [0.05, 0.1) is 10.5 Å². The highest BCUT2D eigenvalue weighted by Gasteiger charge is 2.18. The number of rotatable bonds is 3. The average Bonchev–Trinajstić information content (AvgIpc) is 2.53. The molecule has 2 aromatic carbocycles. The first-order chi connectivity index (χ1) is 10.6. The van der Waals surface area contributed by atoms with Crippen LogP contribution in [-0.2, 0) is 0 Å². The molecule has 110 valence electrons. The summed E-state index contributed by atoms with van der Waals surface area (Å²) in [5.41, 5.74) is 2.42. The summed E-state index contributed by atoms with van der Waals surface area (Å²) in [4.78, 5) is 21.4. The van der Waals surface area contributed by atoms with E-state index in [4.69, 9.17) is 9.84 Å². The van der Waals surface area contributed by atoms with Crippen LogP contribution in [0.25, 0.3) is 5.57 Å². The molecule has 0 aliphatic carbocycles. The van der Waals surface area contributed by atoms with Crippen molar-refractivity contribution >= 4 is 17.2 Å². The Morgan fingerprint density at radius 2 is 1.91 bits per heavy atom. The second-order valence-corrected chi connectivity index (χ2v) is 4.75. The molecule has 1 aliphatic heterocycles. The van der Waals surface area contributed by atoms with E-state index in [0.717, 1.165) is 11.1 Å². The highest BCUT2D eigenvalue weighted by atomic mass is 16.6. The molecule has 3 rings (SSSR count). The van der Waals surface area contributed by atoms with Gasteiger partial charge in [0.1, 0.15) is 12.4 Å². The minimum absolute atomic E-state index is 0.0101. The second kappa shape index (κ2) is 5.33. The Hall–Kier alpha value is -3.15. The van der Waals surface area contributed by atoms with E-state index >= 15 is 0 Å². The van der Waals surface area contributed by atoms with Crippen LogP contribution >= 0.6 is 0 Å². The number of nitro benzene ring substituents is 1. The van der Waals surface area contributed by atoms with Gasteiger partial charge in [0, 0.05) is 17.7 Å². The van der Waals surface area contributed by atoms with E-state index in [1.54, 1.807) is 24.3 Å². The summed E-state index contributed by atoms with van der Waals surface area (Å²) in [6, 6.07) is 10.8. The monoisotopic (exact) mass is 297 g/mol. The number of nitrogens with zero attached hydrogens (tertiary/aromatic N) is 1. The first-order valence-corrected chi connectivity index (χ1v) is 6.52. The van der Waals surface area contributed by atoms with Crippen LogP contribution in [0.2, 0.25) is 0 Å². The van der Waals surface area contributed by atoms with E-state index in [2.05, 4.69) is 0 Å². The summed E-state index contributed by atoms with van der Waals surface area (Å²) in [5.74, 6) is -0.419. The Balaban J connectivity index is 2.06. The summed E-state index contributed by atoms with van der Waals surface area (Å²) >= 11 is 0. The standard InChI is InChI=1S/C16H11NO5/c18-16(19)11-3-6-15-14(9-11)13(7-8-22-15)10-1-4-12(5-2-10)17(20)21/h1-7,9H,8H2,(H,18,19). The average molecular weight is 297 g/mol. The van der Waals surface area contributed by atoms with Crippen molar-refractivity contribution in [2.75, 3.05) is 6.61 Å². The van der Waals surface area contributed by atoms with E-state index in [1.165, 1.54) is 18.2 Å². The number of non-ortho nitro benzene ring substituents is 1. The molecular weight excluding hydrogens is 286 g/mol. The molecular formula is C16H11NO5. The first-order valence-electron chi connectivity index (χ1n) is 6.52. The van der Waals surface area contributed by atoms with Gasteiger partial charge < -0.3 is 9.84 Å². The topological polar surface area (TPSA) is 89.7 Å². The van der Waals surface area contributed by atoms with E-state index in [-0.39, 0.29) is 11.3 Å². The molecule has 0 saturated carbocycles. The number of aromatic carboxylic acids is 1. The number of benzene rings is 2. The predicted molar refractivity (Wildman–Crippen MR) is 79.1 cm³/mol. The van der Waals surface area contributed by atoms with Crippen LogP contribution < -0.4 is 4.74 Å². The Labute approximate surface area is 125 Å². The molecule has 0 radical (unpaired) electrons. The number of carboxylic acid groups (broad SMARTS) is 1. The molecule has 6 heteroatoms. The predicted octanol–water partition coefficient (Wildman–Crippen LogP) is 3.12. The van der Waals surface area contributed by atoms with Gasteiger partial charge in [-0.1, -0.05) is 0 Å². The van der Waals surface area contributed by atoms with Crippen molar-refractivity contribution in [1.82, 2.24) is 0 Å². The van der Waals surface area contributed by atoms with Gasteiger partial charge in [-0.25, -0.2) is 4.79 Å². The summed E-state index contributed by atoms with van der Waals surface area (Å²) < 4.78 is 5.49. The summed E-state index contributed by atoms with van der Waals surface area (Å²) in [6.07, 6.45) is 1.83. The smallest absolute Gasteiger partial charge is 0.335 e. The lowest BCUT2D eigenvalue weighted by molar-refractivity contribution is -0.384. The van der Waals surface area contributed by atoms with Crippen molar-refractivity contribution < 1.29 is 19.6 Å². The normalized spacial score (nSPS) is 12.8. The molecule has 0 unspecified atom stereocenters. The minimum atomic E-state index is -1.02. The Morgan fingerprint density at radius 1 is 1.18 bits per heavy atom. The molecule has 0 fully saturated rings. The largest absolute Gasteiger partial charge is 0.489 e. The molecule has 1 N–H and O–H groups in total. The molecule has 0 spiro atoms. The van der Waals surface area contributed by atoms with Crippen molar-refractivity contribution in [3.05, 3.63) is 75.3 Å². The van der Waals surface area contributed by atoms with Gasteiger partial charge in [-0.2, -0.15) is 0 Å². The van der Waals surface area contributed by atoms with E-state index in [1.807, 2.05) is 6.08 Å². The zero-order chi connectivity index (χ0) is 15.7. The molecule has 0 atom stereocenters. The van der Waals surface area contributed by atoms with Crippen molar-refractivity contribution in [2.24, 2.45) is 0 Å².